The molecule has 0 saturated carbocycles. The maximum Gasteiger partial charge on any atom is 0.472 e. The topological polar surface area (TPSA) is 146 Å². The van der Waals surface area contributed by atoms with Crippen LogP contribution in [0.1, 0.15) is 27.6 Å². The lowest BCUT2D eigenvalue weighted by atomic mass is 10.0. The Morgan fingerprint density at radius 2 is 1.32 bits per heavy atom. The molecule has 0 aliphatic carbocycles. The Hall–Kier alpha value is -2.88. The van der Waals surface area contributed by atoms with Crippen LogP contribution in [0, 0.1) is 0 Å². The molecule has 1 aliphatic heterocycles. The second-order valence-electron chi connectivity index (χ2n) is 6.59. The fourth-order valence-corrected chi connectivity index (χ4v) is 3.31. The minimum atomic E-state index is -5.11. The molecule has 0 unspecified atom stereocenters. The predicted octanol–water partition coefficient (Wildman–Crippen LogP) is 1.86. The maximum atomic E-state index is 13.0. The Balaban J connectivity index is 1.83. The lowest BCUT2D eigenvalue weighted by Crippen LogP contribution is -2.57. The average Bonchev–Trinajstić information content (AvgIpc) is 2.74. The van der Waals surface area contributed by atoms with Crippen molar-refractivity contribution in [3.8, 4) is 0 Å². The van der Waals surface area contributed by atoms with Gasteiger partial charge in [-0.3, -0.25) is 9.32 Å². The molecule has 0 bridgehead atoms. The van der Waals surface area contributed by atoms with Crippen LogP contribution in [0.25, 0.3) is 0 Å². The van der Waals surface area contributed by atoms with Gasteiger partial charge in [0.15, 0.2) is 6.10 Å². The molecule has 1 aliphatic rings. The molecule has 3 rings (SSSR count). The summed E-state index contributed by atoms with van der Waals surface area (Å²) in [5, 5.41) is 0. The van der Waals surface area contributed by atoms with E-state index in [4.69, 9.17) is 24.0 Å². The van der Waals surface area contributed by atoms with Crippen LogP contribution in [0.3, 0.4) is 0 Å². The lowest BCUT2D eigenvalue weighted by Gasteiger charge is -2.37. The van der Waals surface area contributed by atoms with Crippen molar-refractivity contribution in [2.75, 3.05) is 0 Å². The Morgan fingerprint density at radius 3 is 1.77 bits per heavy atom. The highest BCUT2D eigenvalue weighted by Crippen LogP contribution is 2.41. The highest BCUT2D eigenvalue weighted by molar-refractivity contribution is 7.46. The fourth-order valence-electron chi connectivity index (χ4n) is 2.88. The number of hydrogen-bond acceptors (Lipinski definition) is 8. The van der Waals surface area contributed by atoms with Gasteiger partial charge in [0.05, 0.1) is 11.1 Å². The minimum absolute atomic E-state index is 0.0849. The molecule has 2 N–H and O–H groups in total. The van der Waals surface area contributed by atoms with Gasteiger partial charge in [0.25, 0.3) is 0 Å². The van der Waals surface area contributed by atoms with E-state index in [1.165, 1.54) is 31.2 Å². The number of phosphoric acid groups is 1. The van der Waals surface area contributed by atoms with Crippen molar-refractivity contribution in [1.29, 1.82) is 0 Å². The molecule has 1 fully saturated rings. The fraction of sp³-hybridized carbons (Fsp3) is 0.250. The molecular formula is C20H19O10P. The zero-order valence-electron chi connectivity index (χ0n) is 16.2. The molecule has 2 aromatic rings. The number of benzene rings is 2. The van der Waals surface area contributed by atoms with Gasteiger partial charge in [-0.1, -0.05) is 36.4 Å². The van der Waals surface area contributed by atoms with Crippen LogP contribution in [-0.2, 0) is 28.1 Å². The highest BCUT2D eigenvalue weighted by atomic mass is 31.2. The van der Waals surface area contributed by atoms with Crippen LogP contribution in [-0.4, -0.2) is 52.1 Å². The largest absolute Gasteiger partial charge is 0.472 e. The summed E-state index contributed by atoms with van der Waals surface area (Å²) >= 11 is 0. The van der Waals surface area contributed by atoms with E-state index < -0.39 is 50.1 Å². The summed E-state index contributed by atoms with van der Waals surface area (Å²) in [7, 11) is -5.11. The number of carbonyl (C=O) groups is 3. The van der Waals surface area contributed by atoms with Crippen LogP contribution < -0.4 is 0 Å². The number of esters is 2. The van der Waals surface area contributed by atoms with Crippen molar-refractivity contribution in [2.24, 2.45) is 0 Å². The number of rotatable bonds is 6. The number of ketones is 1. The van der Waals surface area contributed by atoms with Gasteiger partial charge in [-0.2, -0.15) is 0 Å². The Bertz CT molecular complexity index is 988. The monoisotopic (exact) mass is 450 g/mol. The van der Waals surface area contributed by atoms with E-state index in [1.54, 1.807) is 36.4 Å². The van der Waals surface area contributed by atoms with E-state index in [2.05, 4.69) is 4.52 Å². The van der Waals surface area contributed by atoms with Crippen molar-refractivity contribution in [2.45, 2.75) is 31.5 Å². The number of Topliss-reactive ketones (excluding diaryl/α,β-unsaturated/α-hetero) is 1. The van der Waals surface area contributed by atoms with Gasteiger partial charge in [0, 0.05) is 0 Å². The molecule has 4 atom stereocenters. The van der Waals surface area contributed by atoms with Crippen LogP contribution in [0.2, 0.25) is 0 Å². The predicted molar refractivity (Wildman–Crippen MR) is 104 cm³/mol. The second-order valence-corrected chi connectivity index (χ2v) is 7.78. The molecule has 2 aromatic carbocycles. The van der Waals surface area contributed by atoms with E-state index in [1.807, 2.05) is 0 Å². The Kier molecular flexibility index (Phi) is 6.99. The van der Waals surface area contributed by atoms with Gasteiger partial charge in [0.2, 0.25) is 18.2 Å². The summed E-state index contributed by atoms with van der Waals surface area (Å²) in [6.07, 6.45) is -6.42. The Labute approximate surface area is 176 Å². The first-order chi connectivity index (χ1) is 14.7. The van der Waals surface area contributed by atoms with E-state index in [0.29, 0.717) is 0 Å². The molecule has 0 radical (unpaired) electrons. The average molecular weight is 450 g/mol. The maximum absolute atomic E-state index is 13.0. The number of ether oxygens (including phenoxy) is 3. The normalized spacial score (nSPS) is 23.8. The van der Waals surface area contributed by atoms with Crippen LogP contribution in [0.15, 0.2) is 60.7 Å². The molecule has 11 heteroatoms. The lowest BCUT2D eigenvalue weighted by molar-refractivity contribution is -0.224. The zero-order chi connectivity index (χ0) is 22.6. The molecule has 1 heterocycles. The van der Waals surface area contributed by atoms with Gasteiger partial charge in [-0.05, 0) is 31.2 Å². The van der Waals surface area contributed by atoms with Gasteiger partial charge in [-0.15, -0.1) is 0 Å². The van der Waals surface area contributed by atoms with Crippen molar-refractivity contribution in [3.63, 3.8) is 0 Å². The SMILES string of the molecule is C[C@H]1O[C@H](OP(=O)(O)O)[C@H](OC(=O)c2ccccc2)C(=O)[C@@H]1OC(=O)c1ccccc1. The quantitative estimate of drug-likeness (QED) is 0.494. The van der Waals surface area contributed by atoms with Gasteiger partial charge in [-0.25, -0.2) is 14.2 Å². The zero-order valence-corrected chi connectivity index (χ0v) is 17.1. The van der Waals surface area contributed by atoms with Crippen LogP contribution in [0.5, 0.6) is 0 Å². The number of phosphoric ester groups is 1. The third-order valence-corrected chi connectivity index (χ3v) is 4.79. The van der Waals surface area contributed by atoms with E-state index >= 15 is 0 Å². The standard InChI is InChI=1S/C20H19O10P/c1-12-16(28-18(22)13-8-4-2-5-9-13)15(21)17(20(27-12)30-31(24,25)26)29-19(23)14-10-6-3-7-11-14/h2-12,16-17,20H,1H3,(H2,24,25,26)/t12-,16-,17-,20-/m1/s1. The first kappa shape index (κ1) is 22.8. The van der Waals surface area contributed by atoms with Gasteiger partial charge in [0.1, 0.15) is 6.10 Å². The van der Waals surface area contributed by atoms with Crippen molar-refractivity contribution in [1.82, 2.24) is 0 Å². The van der Waals surface area contributed by atoms with Gasteiger partial charge < -0.3 is 24.0 Å². The first-order valence-corrected chi connectivity index (χ1v) is 10.6. The highest BCUT2D eigenvalue weighted by Gasteiger charge is 2.50. The molecule has 31 heavy (non-hydrogen) atoms. The summed E-state index contributed by atoms with van der Waals surface area (Å²) in [6, 6.07) is 15.5. The molecule has 0 spiro atoms. The van der Waals surface area contributed by atoms with E-state index in [0.717, 1.165) is 0 Å². The van der Waals surface area contributed by atoms with Crippen molar-refractivity contribution in [3.05, 3.63) is 71.8 Å². The molecule has 1 saturated heterocycles. The third-order valence-electron chi connectivity index (χ3n) is 4.31. The third kappa shape index (κ3) is 5.84. The molecule has 10 nitrogen and oxygen atoms in total. The summed E-state index contributed by atoms with van der Waals surface area (Å²) in [6.45, 7) is 1.35. The minimum Gasteiger partial charge on any atom is -0.448 e. The summed E-state index contributed by atoms with van der Waals surface area (Å²) in [5.41, 5.74) is 0.260. The second kappa shape index (κ2) is 9.51. The summed E-state index contributed by atoms with van der Waals surface area (Å²) in [4.78, 5) is 56.1. The van der Waals surface area contributed by atoms with Crippen molar-refractivity contribution < 1.29 is 47.5 Å². The van der Waals surface area contributed by atoms with E-state index in [-0.39, 0.29) is 11.1 Å². The first-order valence-electron chi connectivity index (χ1n) is 9.11. The van der Waals surface area contributed by atoms with Gasteiger partial charge >= 0.3 is 19.8 Å². The smallest absolute Gasteiger partial charge is 0.448 e. The van der Waals surface area contributed by atoms with Crippen molar-refractivity contribution >= 4 is 25.5 Å². The summed E-state index contributed by atoms with van der Waals surface area (Å²) in [5.74, 6) is -2.72. The van der Waals surface area contributed by atoms with Crippen LogP contribution >= 0.6 is 7.82 Å². The molecule has 164 valence electrons. The molecule has 0 amide bonds. The number of hydrogen-bond donors (Lipinski definition) is 2. The number of carbonyl (C=O) groups excluding carboxylic acids is 3. The van der Waals surface area contributed by atoms with E-state index in [9.17, 15) is 18.9 Å². The Morgan fingerprint density at radius 1 is 0.871 bits per heavy atom. The molecule has 0 aromatic heterocycles. The summed E-state index contributed by atoms with van der Waals surface area (Å²) < 4.78 is 31.6. The van der Waals surface area contributed by atoms with Crippen LogP contribution in [0.4, 0.5) is 0 Å². The molecular weight excluding hydrogens is 431 g/mol.